The molecule has 0 fully saturated rings. The molecule has 0 atom stereocenters. The second-order valence-electron chi connectivity index (χ2n) is 3.47. The Labute approximate surface area is 108 Å². The topological polar surface area (TPSA) is 72.0 Å². The van der Waals surface area contributed by atoms with Crippen LogP contribution in [0.5, 0.6) is 11.5 Å². The molecule has 0 radical (unpaired) electrons. The first kappa shape index (κ1) is 12.3. The number of aromatic nitrogens is 1. The Balaban J connectivity index is 2.28. The SMILES string of the molecule is N=C(N)c1cc(Oc2ccc(F)cc2Cl)ccn1. The van der Waals surface area contributed by atoms with Gasteiger partial charge in [0, 0.05) is 12.3 Å². The Morgan fingerprint density at radius 2 is 2.11 bits per heavy atom. The molecule has 1 heterocycles. The van der Waals surface area contributed by atoms with Crippen molar-refractivity contribution in [3.05, 3.63) is 53.1 Å². The van der Waals surface area contributed by atoms with Crippen LogP contribution in [0.3, 0.4) is 0 Å². The molecule has 18 heavy (non-hydrogen) atoms. The number of benzene rings is 1. The highest BCUT2D eigenvalue weighted by Gasteiger charge is 2.06. The van der Waals surface area contributed by atoms with Gasteiger partial charge in [0.2, 0.25) is 0 Å². The summed E-state index contributed by atoms with van der Waals surface area (Å²) in [5.74, 6) is 0.139. The van der Waals surface area contributed by atoms with E-state index in [1.807, 2.05) is 0 Å². The molecule has 3 N–H and O–H groups in total. The van der Waals surface area contributed by atoms with Crippen LogP contribution in [0.4, 0.5) is 4.39 Å². The molecule has 0 aliphatic heterocycles. The van der Waals surface area contributed by atoms with Gasteiger partial charge in [0.05, 0.1) is 5.02 Å². The maximum absolute atomic E-state index is 12.9. The largest absolute Gasteiger partial charge is 0.456 e. The molecular weight excluding hydrogens is 257 g/mol. The summed E-state index contributed by atoms with van der Waals surface area (Å²) in [6.07, 6.45) is 1.46. The van der Waals surface area contributed by atoms with Crippen molar-refractivity contribution < 1.29 is 9.13 Å². The number of nitrogen functional groups attached to an aromatic ring is 1. The van der Waals surface area contributed by atoms with Gasteiger partial charge >= 0.3 is 0 Å². The van der Waals surface area contributed by atoms with E-state index in [0.717, 1.165) is 6.07 Å². The van der Waals surface area contributed by atoms with E-state index in [1.165, 1.54) is 24.4 Å². The lowest BCUT2D eigenvalue weighted by Crippen LogP contribution is -2.12. The maximum atomic E-state index is 12.9. The summed E-state index contributed by atoms with van der Waals surface area (Å²) in [5.41, 5.74) is 5.61. The third-order valence-corrected chi connectivity index (χ3v) is 2.42. The highest BCUT2D eigenvalue weighted by atomic mass is 35.5. The molecule has 92 valence electrons. The van der Waals surface area contributed by atoms with Gasteiger partial charge in [-0.15, -0.1) is 0 Å². The number of hydrogen-bond acceptors (Lipinski definition) is 3. The predicted molar refractivity (Wildman–Crippen MR) is 66.7 cm³/mol. The molecule has 0 spiro atoms. The summed E-state index contributed by atoms with van der Waals surface area (Å²) >= 11 is 5.83. The van der Waals surface area contributed by atoms with Crippen molar-refractivity contribution >= 4 is 17.4 Å². The number of nitrogens with one attached hydrogen (secondary N) is 1. The van der Waals surface area contributed by atoms with E-state index in [2.05, 4.69) is 4.98 Å². The molecule has 1 aromatic heterocycles. The maximum Gasteiger partial charge on any atom is 0.146 e. The molecule has 0 bridgehead atoms. The fourth-order valence-electron chi connectivity index (χ4n) is 1.31. The molecule has 4 nitrogen and oxygen atoms in total. The van der Waals surface area contributed by atoms with Crippen LogP contribution < -0.4 is 10.5 Å². The van der Waals surface area contributed by atoms with Gasteiger partial charge in [-0.2, -0.15) is 0 Å². The monoisotopic (exact) mass is 265 g/mol. The van der Waals surface area contributed by atoms with Crippen molar-refractivity contribution in [3.8, 4) is 11.5 Å². The van der Waals surface area contributed by atoms with Crippen LogP contribution in [0.2, 0.25) is 5.02 Å². The highest BCUT2D eigenvalue weighted by molar-refractivity contribution is 6.32. The first-order valence-corrected chi connectivity index (χ1v) is 5.37. The Morgan fingerprint density at radius 3 is 2.78 bits per heavy atom. The third kappa shape index (κ3) is 2.75. The molecule has 2 rings (SSSR count). The molecule has 1 aromatic carbocycles. The fourth-order valence-corrected chi connectivity index (χ4v) is 1.51. The zero-order valence-corrected chi connectivity index (χ0v) is 9.91. The van der Waals surface area contributed by atoms with Crippen LogP contribution in [-0.2, 0) is 0 Å². The van der Waals surface area contributed by atoms with Gasteiger partial charge in [-0.3, -0.25) is 10.4 Å². The second kappa shape index (κ2) is 5.01. The minimum atomic E-state index is -0.438. The molecule has 2 aromatic rings. The molecule has 0 amide bonds. The molecular formula is C12H9ClFN3O. The van der Waals surface area contributed by atoms with Crippen molar-refractivity contribution in [3.63, 3.8) is 0 Å². The summed E-state index contributed by atoms with van der Waals surface area (Å²) in [7, 11) is 0. The zero-order chi connectivity index (χ0) is 13.1. The first-order chi connectivity index (χ1) is 8.56. The average molecular weight is 266 g/mol. The van der Waals surface area contributed by atoms with Crippen LogP contribution in [-0.4, -0.2) is 10.8 Å². The Bertz CT molecular complexity index is 604. The van der Waals surface area contributed by atoms with Crippen molar-refractivity contribution in [1.29, 1.82) is 5.41 Å². The van der Waals surface area contributed by atoms with Gasteiger partial charge in [-0.05, 0) is 24.3 Å². The molecule has 0 aliphatic rings. The van der Waals surface area contributed by atoms with Crippen LogP contribution in [0.1, 0.15) is 5.69 Å². The number of rotatable bonds is 3. The number of hydrogen-bond donors (Lipinski definition) is 2. The lowest BCUT2D eigenvalue weighted by molar-refractivity contribution is 0.480. The first-order valence-electron chi connectivity index (χ1n) is 4.99. The molecule has 0 unspecified atom stereocenters. The Morgan fingerprint density at radius 1 is 1.33 bits per heavy atom. The van der Waals surface area contributed by atoms with Gasteiger partial charge < -0.3 is 10.5 Å². The summed E-state index contributed by atoms with van der Waals surface area (Å²) in [6, 6.07) is 6.91. The second-order valence-corrected chi connectivity index (χ2v) is 3.87. The van der Waals surface area contributed by atoms with Crippen LogP contribution in [0.25, 0.3) is 0 Å². The van der Waals surface area contributed by atoms with Crippen molar-refractivity contribution in [1.82, 2.24) is 4.98 Å². The highest BCUT2D eigenvalue weighted by Crippen LogP contribution is 2.29. The fraction of sp³-hybridized carbons (Fsp3) is 0. The van der Waals surface area contributed by atoms with E-state index >= 15 is 0 Å². The average Bonchev–Trinajstić information content (AvgIpc) is 2.33. The number of pyridine rings is 1. The number of nitrogens with zero attached hydrogens (tertiary/aromatic N) is 1. The quantitative estimate of drug-likeness (QED) is 0.662. The van der Waals surface area contributed by atoms with Gasteiger partial charge in [0.1, 0.15) is 28.8 Å². The normalized spacial score (nSPS) is 10.1. The van der Waals surface area contributed by atoms with Gasteiger partial charge in [0.25, 0.3) is 0 Å². The third-order valence-electron chi connectivity index (χ3n) is 2.13. The van der Waals surface area contributed by atoms with E-state index in [-0.39, 0.29) is 10.9 Å². The standard InChI is InChI=1S/C12H9ClFN3O/c13-9-5-7(14)1-2-11(9)18-8-3-4-17-10(6-8)12(15)16/h1-6H,(H3,15,16). The van der Waals surface area contributed by atoms with Crippen LogP contribution >= 0.6 is 11.6 Å². The lowest BCUT2D eigenvalue weighted by Gasteiger charge is -2.08. The smallest absolute Gasteiger partial charge is 0.146 e. The number of amidine groups is 1. The Hall–Kier alpha value is -2.14. The number of ether oxygens (including phenoxy) is 1. The van der Waals surface area contributed by atoms with E-state index < -0.39 is 5.82 Å². The predicted octanol–water partition coefficient (Wildman–Crippen LogP) is 2.95. The minimum absolute atomic E-state index is 0.161. The summed E-state index contributed by atoms with van der Waals surface area (Å²) < 4.78 is 18.3. The summed E-state index contributed by atoms with van der Waals surface area (Å²) in [6.45, 7) is 0. The number of halogens is 2. The molecule has 0 saturated carbocycles. The van der Waals surface area contributed by atoms with Gasteiger partial charge in [-0.1, -0.05) is 11.6 Å². The summed E-state index contributed by atoms with van der Waals surface area (Å²) in [4.78, 5) is 3.89. The van der Waals surface area contributed by atoms with E-state index in [1.54, 1.807) is 6.07 Å². The van der Waals surface area contributed by atoms with Gasteiger partial charge in [0.15, 0.2) is 0 Å². The lowest BCUT2D eigenvalue weighted by atomic mass is 10.3. The van der Waals surface area contributed by atoms with E-state index in [0.29, 0.717) is 17.2 Å². The Kier molecular flexibility index (Phi) is 3.43. The van der Waals surface area contributed by atoms with Crippen LogP contribution in [0, 0.1) is 11.2 Å². The van der Waals surface area contributed by atoms with E-state index in [9.17, 15) is 4.39 Å². The molecule has 6 heteroatoms. The van der Waals surface area contributed by atoms with Gasteiger partial charge in [-0.25, -0.2) is 4.39 Å². The van der Waals surface area contributed by atoms with Crippen LogP contribution in [0.15, 0.2) is 36.5 Å². The van der Waals surface area contributed by atoms with Crippen molar-refractivity contribution in [2.24, 2.45) is 5.73 Å². The van der Waals surface area contributed by atoms with E-state index in [4.69, 9.17) is 27.5 Å². The summed E-state index contributed by atoms with van der Waals surface area (Å²) in [5, 5.41) is 7.43. The molecule has 0 saturated heterocycles. The minimum Gasteiger partial charge on any atom is -0.456 e. The molecule has 0 aliphatic carbocycles. The van der Waals surface area contributed by atoms with Crippen molar-refractivity contribution in [2.45, 2.75) is 0 Å². The number of nitrogens with two attached hydrogens (primary N) is 1. The zero-order valence-electron chi connectivity index (χ0n) is 9.15. The van der Waals surface area contributed by atoms with Crippen molar-refractivity contribution in [2.75, 3.05) is 0 Å².